The SMILES string of the molecule is CCC(CN1CCC2(C)c3cccc(N)c3CC1C2(C)C)OCc1ccccc1.Cl.Cl. The first-order chi connectivity index (χ1) is 13.9. The second-order valence-corrected chi connectivity index (χ2v) is 9.72. The fourth-order valence-corrected chi connectivity index (χ4v) is 5.65. The summed E-state index contributed by atoms with van der Waals surface area (Å²) >= 11 is 0. The molecule has 0 radical (unpaired) electrons. The van der Waals surface area contributed by atoms with Crippen LogP contribution in [0.25, 0.3) is 0 Å². The van der Waals surface area contributed by atoms with Crippen LogP contribution in [0.3, 0.4) is 0 Å². The normalized spacial score (nSPS) is 25.0. The van der Waals surface area contributed by atoms with Gasteiger partial charge in [-0.2, -0.15) is 0 Å². The molecular formula is C26H38Cl2N2O. The monoisotopic (exact) mass is 464 g/mol. The minimum absolute atomic E-state index is 0. The maximum atomic E-state index is 6.43. The number of likely N-dealkylation sites (tertiary alicyclic amines) is 1. The second kappa shape index (κ2) is 10.1. The van der Waals surface area contributed by atoms with Gasteiger partial charge in [-0.05, 0) is 54.0 Å². The number of nitrogen functional groups attached to an aromatic ring is 1. The molecule has 0 saturated carbocycles. The molecule has 1 aliphatic carbocycles. The highest BCUT2D eigenvalue weighted by molar-refractivity contribution is 5.85. The van der Waals surface area contributed by atoms with E-state index in [-0.39, 0.29) is 41.7 Å². The number of hydrogen-bond donors (Lipinski definition) is 1. The minimum Gasteiger partial charge on any atom is -0.398 e. The van der Waals surface area contributed by atoms with Crippen LogP contribution in [0.1, 0.15) is 57.2 Å². The molecule has 4 rings (SSSR count). The van der Waals surface area contributed by atoms with Crippen molar-refractivity contribution >= 4 is 30.5 Å². The molecule has 172 valence electrons. The lowest BCUT2D eigenvalue weighted by atomic mass is 9.51. The van der Waals surface area contributed by atoms with E-state index in [1.54, 1.807) is 0 Å². The third-order valence-electron chi connectivity index (χ3n) is 8.02. The Bertz CT molecular complexity index is 858. The van der Waals surface area contributed by atoms with Crippen LogP contribution >= 0.6 is 24.8 Å². The van der Waals surface area contributed by atoms with Gasteiger partial charge in [0.25, 0.3) is 0 Å². The molecule has 31 heavy (non-hydrogen) atoms. The van der Waals surface area contributed by atoms with Crippen LogP contribution in [0.15, 0.2) is 48.5 Å². The lowest BCUT2D eigenvalue weighted by Crippen LogP contribution is -2.64. The van der Waals surface area contributed by atoms with Crippen LogP contribution < -0.4 is 5.73 Å². The molecular weight excluding hydrogens is 427 g/mol. The molecule has 3 atom stereocenters. The smallest absolute Gasteiger partial charge is 0.0721 e. The van der Waals surface area contributed by atoms with Gasteiger partial charge in [-0.25, -0.2) is 0 Å². The molecule has 2 N–H and O–H groups in total. The van der Waals surface area contributed by atoms with Gasteiger partial charge < -0.3 is 10.5 Å². The first-order valence-electron chi connectivity index (χ1n) is 11.1. The zero-order chi connectivity index (χ0) is 20.6. The Morgan fingerprint density at radius 1 is 1.06 bits per heavy atom. The standard InChI is InChI=1S/C26H36N2O.2ClH/c1-5-20(29-18-19-10-7-6-8-11-19)17-28-15-14-26(4)22-12-9-13-23(27)21(22)16-24(28)25(26,2)3;;/h6-13,20,24H,5,14-18,27H2,1-4H3;2*1H. The summed E-state index contributed by atoms with van der Waals surface area (Å²) in [7, 11) is 0. The van der Waals surface area contributed by atoms with E-state index in [9.17, 15) is 0 Å². The number of rotatable bonds is 6. The van der Waals surface area contributed by atoms with Gasteiger partial charge in [0.2, 0.25) is 0 Å². The number of piperidine rings is 1. The van der Waals surface area contributed by atoms with Gasteiger partial charge in [0.05, 0.1) is 12.7 Å². The quantitative estimate of drug-likeness (QED) is 0.530. The van der Waals surface area contributed by atoms with E-state index in [2.05, 4.69) is 81.1 Å². The number of fused-ring (bicyclic) bond motifs is 4. The molecule has 1 heterocycles. The van der Waals surface area contributed by atoms with Crippen molar-refractivity contribution in [2.24, 2.45) is 5.41 Å². The molecule has 0 aromatic heterocycles. The van der Waals surface area contributed by atoms with E-state index >= 15 is 0 Å². The molecule has 1 fully saturated rings. The highest BCUT2D eigenvalue weighted by Crippen LogP contribution is 2.56. The third-order valence-corrected chi connectivity index (χ3v) is 8.02. The Morgan fingerprint density at radius 2 is 1.77 bits per heavy atom. The first-order valence-corrected chi connectivity index (χ1v) is 11.1. The van der Waals surface area contributed by atoms with E-state index in [4.69, 9.17) is 10.5 Å². The minimum atomic E-state index is 0. The predicted octanol–water partition coefficient (Wildman–Crippen LogP) is 6.02. The van der Waals surface area contributed by atoms with Crippen LogP contribution in [0.5, 0.6) is 0 Å². The summed E-state index contributed by atoms with van der Waals surface area (Å²) in [5.74, 6) is 0. The van der Waals surface area contributed by atoms with E-state index in [1.807, 2.05) is 0 Å². The van der Waals surface area contributed by atoms with Crippen molar-refractivity contribution in [3.05, 3.63) is 65.2 Å². The number of hydrogen-bond acceptors (Lipinski definition) is 3. The molecule has 3 nitrogen and oxygen atoms in total. The van der Waals surface area contributed by atoms with Gasteiger partial charge in [-0.15, -0.1) is 24.8 Å². The predicted molar refractivity (Wildman–Crippen MR) is 135 cm³/mol. The molecule has 1 saturated heterocycles. The van der Waals surface area contributed by atoms with Crippen molar-refractivity contribution in [1.29, 1.82) is 0 Å². The van der Waals surface area contributed by atoms with Crippen LogP contribution in [0.2, 0.25) is 0 Å². The van der Waals surface area contributed by atoms with Crippen molar-refractivity contribution in [1.82, 2.24) is 4.90 Å². The van der Waals surface area contributed by atoms with Gasteiger partial charge in [-0.1, -0.05) is 70.2 Å². The number of nitrogens with zero attached hydrogens (tertiary/aromatic N) is 1. The molecule has 2 aromatic rings. The van der Waals surface area contributed by atoms with Gasteiger partial charge in [0.15, 0.2) is 0 Å². The average molecular weight is 466 g/mol. The largest absolute Gasteiger partial charge is 0.398 e. The maximum Gasteiger partial charge on any atom is 0.0721 e. The first kappa shape index (κ1) is 26.0. The zero-order valence-corrected chi connectivity index (χ0v) is 20.9. The number of ether oxygens (including phenoxy) is 1. The number of halogens is 2. The van der Waals surface area contributed by atoms with Crippen molar-refractivity contribution in [3.8, 4) is 0 Å². The molecule has 5 heteroatoms. The fraction of sp³-hybridized carbons (Fsp3) is 0.538. The Balaban J connectivity index is 0.00000171. The van der Waals surface area contributed by atoms with Crippen LogP contribution in [0, 0.1) is 5.41 Å². The summed E-state index contributed by atoms with van der Waals surface area (Å²) in [6, 6.07) is 17.5. The topological polar surface area (TPSA) is 38.5 Å². The van der Waals surface area contributed by atoms with Crippen molar-refractivity contribution < 1.29 is 4.74 Å². The molecule has 2 bridgehead atoms. The lowest BCUT2D eigenvalue weighted by molar-refractivity contribution is -0.0689. The molecule has 2 aromatic carbocycles. The summed E-state index contributed by atoms with van der Waals surface area (Å²) in [5, 5.41) is 0. The molecule has 0 amide bonds. The van der Waals surface area contributed by atoms with Crippen molar-refractivity contribution in [2.75, 3.05) is 18.8 Å². The van der Waals surface area contributed by atoms with E-state index in [0.717, 1.165) is 31.6 Å². The Morgan fingerprint density at radius 3 is 2.45 bits per heavy atom. The maximum absolute atomic E-state index is 6.43. The van der Waals surface area contributed by atoms with Crippen molar-refractivity contribution in [3.63, 3.8) is 0 Å². The summed E-state index contributed by atoms with van der Waals surface area (Å²) in [4.78, 5) is 2.69. The van der Waals surface area contributed by atoms with Crippen LogP contribution in [-0.2, 0) is 23.2 Å². The average Bonchev–Trinajstić information content (AvgIpc) is 2.71. The third kappa shape index (κ3) is 4.61. The summed E-state index contributed by atoms with van der Waals surface area (Å²) in [5.41, 5.74) is 11.9. The number of benzene rings is 2. The summed E-state index contributed by atoms with van der Waals surface area (Å²) in [6.07, 6.45) is 3.50. The second-order valence-electron chi connectivity index (χ2n) is 9.72. The van der Waals surface area contributed by atoms with Gasteiger partial charge >= 0.3 is 0 Å². The highest BCUT2D eigenvalue weighted by atomic mass is 35.5. The fourth-order valence-electron chi connectivity index (χ4n) is 5.65. The number of nitrogens with two attached hydrogens (primary N) is 1. The summed E-state index contributed by atoms with van der Waals surface area (Å²) in [6.45, 7) is 12.4. The molecule has 3 unspecified atom stereocenters. The van der Waals surface area contributed by atoms with Crippen LogP contribution in [0.4, 0.5) is 5.69 Å². The molecule has 2 aliphatic rings. The van der Waals surface area contributed by atoms with Gasteiger partial charge in [0.1, 0.15) is 0 Å². The van der Waals surface area contributed by atoms with E-state index in [0.29, 0.717) is 12.6 Å². The molecule has 0 spiro atoms. The summed E-state index contributed by atoms with van der Waals surface area (Å²) < 4.78 is 6.34. The Hall–Kier alpha value is -1.26. The molecule has 1 aliphatic heterocycles. The number of anilines is 1. The van der Waals surface area contributed by atoms with Crippen LogP contribution in [-0.4, -0.2) is 30.1 Å². The zero-order valence-electron chi connectivity index (χ0n) is 19.3. The van der Waals surface area contributed by atoms with Gasteiger partial charge in [0, 0.05) is 23.7 Å². The lowest BCUT2D eigenvalue weighted by Gasteiger charge is -2.61. The Labute approximate surface area is 200 Å². The van der Waals surface area contributed by atoms with Gasteiger partial charge in [-0.3, -0.25) is 4.90 Å². The van der Waals surface area contributed by atoms with E-state index < -0.39 is 0 Å². The highest BCUT2D eigenvalue weighted by Gasteiger charge is 2.56. The van der Waals surface area contributed by atoms with E-state index in [1.165, 1.54) is 23.1 Å². The Kier molecular flexibility index (Phi) is 8.49. The van der Waals surface area contributed by atoms with Crippen molar-refractivity contribution in [2.45, 2.75) is 71.1 Å².